The van der Waals surface area contributed by atoms with Crippen molar-refractivity contribution in [3.8, 4) is 11.4 Å². The Kier molecular flexibility index (Phi) is 5.62. The zero-order valence-electron chi connectivity index (χ0n) is 16.7. The lowest BCUT2D eigenvalue weighted by Crippen LogP contribution is -2.25. The fourth-order valence-corrected chi connectivity index (χ4v) is 4.04. The minimum Gasteiger partial charge on any atom is -0.434 e. The average molecular weight is 397 g/mol. The molecule has 0 saturated carbocycles. The second-order valence-electron chi connectivity index (χ2n) is 7.49. The lowest BCUT2D eigenvalue weighted by atomic mass is 9.92. The number of hydrogen-bond acceptors (Lipinski definition) is 3. The fraction of sp³-hybridized carbons (Fsp3) is 0.348. The van der Waals surface area contributed by atoms with Gasteiger partial charge < -0.3 is 10.1 Å². The van der Waals surface area contributed by atoms with Crippen LogP contribution in [0.4, 0.5) is 8.78 Å². The predicted octanol–water partition coefficient (Wildman–Crippen LogP) is 5.26. The number of halogens is 2. The van der Waals surface area contributed by atoms with Crippen LogP contribution in [0, 0.1) is 13.8 Å². The molecule has 1 atom stereocenters. The standard InChI is InChI=1S/C23H25F2N3O/c1-15-7-5-10-20(16(15)2)28-21-11-6-9-19(18(21)14-27-28)26-13-17-8-3-4-12-22(17)29-23(24)25/h3-5,7-8,10,12,14,19,23,26H,6,9,11,13H2,1-2H3. The van der Waals surface area contributed by atoms with Crippen molar-refractivity contribution in [2.75, 3.05) is 0 Å². The maximum absolute atomic E-state index is 12.7. The maximum Gasteiger partial charge on any atom is 0.387 e. The number of benzene rings is 2. The molecule has 0 fully saturated rings. The van der Waals surface area contributed by atoms with Gasteiger partial charge in [-0.15, -0.1) is 0 Å². The second kappa shape index (κ2) is 8.33. The van der Waals surface area contributed by atoms with Crippen LogP contribution >= 0.6 is 0 Å². The first-order valence-electron chi connectivity index (χ1n) is 9.94. The van der Waals surface area contributed by atoms with Crippen LogP contribution in [0.25, 0.3) is 5.69 Å². The highest BCUT2D eigenvalue weighted by Crippen LogP contribution is 2.32. The Labute approximate surface area is 169 Å². The van der Waals surface area contributed by atoms with E-state index in [1.54, 1.807) is 12.1 Å². The van der Waals surface area contributed by atoms with Gasteiger partial charge in [0.2, 0.25) is 0 Å². The summed E-state index contributed by atoms with van der Waals surface area (Å²) in [4.78, 5) is 0. The largest absolute Gasteiger partial charge is 0.434 e. The third-order valence-electron chi connectivity index (χ3n) is 5.71. The van der Waals surface area contributed by atoms with E-state index in [9.17, 15) is 8.78 Å². The minimum atomic E-state index is -2.83. The SMILES string of the molecule is Cc1cccc(-n2ncc3c2CCCC3NCc2ccccc2OC(F)F)c1C. The molecule has 1 aliphatic carbocycles. The summed E-state index contributed by atoms with van der Waals surface area (Å²) >= 11 is 0. The van der Waals surface area contributed by atoms with Crippen molar-refractivity contribution in [2.45, 2.75) is 52.3 Å². The van der Waals surface area contributed by atoms with Gasteiger partial charge in [-0.2, -0.15) is 13.9 Å². The van der Waals surface area contributed by atoms with Crippen LogP contribution in [-0.4, -0.2) is 16.4 Å². The lowest BCUT2D eigenvalue weighted by molar-refractivity contribution is -0.0505. The Balaban J connectivity index is 1.56. The quantitative estimate of drug-likeness (QED) is 0.617. The van der Waals surface area contributed by atoms with Crippen molar-refractivity contribution in [3.05, 3.63) is 76.6 Å². The zero-order valence-corrected chi connectivity index (χ0v) is 16.7. The molecule has 0 bridgehead atoms. The lowest BCUT2D eigenvalue weighted by Gasteiger charge is -2.25. The van der Waals surface area contributed by atoms with Gasteiger partial charge in [-0.3, -0.25) is 0 Å². The molecule has 152 valence electrons. The number of alkyl halides is 2. The molecular weight excluding hydrogens is 372 g/mol. The number of hydrogen-bond donors (Lipinski definition) is 1. The highest BCUT2D eigenvalue weighted by Gasteiger charge is 2.25. The Morgan fingerprint density at radius 3 is 2.83 bits per heavy atom. The van der Waals surface area contributed by atoms with Gasteiger partial charge in [0.15, 0.2) is 0 Å². The number of ether oxygens (including phenoxy) is 1. The third-order valence-corrected chi connectivity index (χ3v) is 5.71. The third kappa shape index (κ3) is 4.03. The van der Waals surface area contributed by atoms with Crippen LogP contribution in [-0.2, 0) is 13.0 Å². The Hall–Kier alpha value is -2.73. The van der Waals surface area contributed by atoms with Gasteiger partial charge in [-0.25, -0.2) is 4.68 Å². The van der Waals surface area contributed by atoms with E-state index in [0.717, 1.165) is 30.5 Å². The van der Waals surface area contributed by atoms with Crippen molar-refractivity contribution in [3.63, 3.8) is 0 Å². The van der Waals surface area contributed by atoms with Gasteiger partial charge in [-0.05, 0) is 56.4 Å². The molecule has 0 aliphatic heterocycles. The Bertz CT molecular complexity index is 1000. The predicted molar refractivity (Wildman–Crippen MR) is 109 cm³/mol. The summed E-state index contributed by atoms with van der Waals surface area (Å²) in [6, 6.07) is 13.3. The van der Waals surface area contributed by atoms with Gasteiger partial charge in [0.25, 0.3) is 0 Å². The van der Waals surface area contributed by atoms with Crippen molar-refractivity contribution in [1.29, 1.82) is 0 Å². The Morgan fingerprint density at radius 1 is 1.17 bits per heavy atom. The first kappa shape index (κ1) is 19.6. The number of rotatable bonds is 6. The summed E-state index contributed by atoms with van der Waals surface area (Å²) in [7, 11) is 0. The van der Waals surface area contributed by atoms with E-state index in [0.29, 0.717) is 6.54 Å². The van der Waals surface area contributed by atoms with Crippen LogP contribution in [0.15, 0.2) is 48.7 Å². The molecule has 0 amide bonds. The summed E-state index contributed by atoms with van der Waals surface area (Å²) in [5, 5.41) is 8.21. The summed E-state index contributed by atoms with van der Waals surface area (Å²) in [5.41, 5.74) is 6.72. The van der Waals surface area contributed by atoms with Crippen molar-refractivity contribution >= 4 is 0 Å². The Morgan fingerprint density at radius 2 is 2.00 bits per heavy atom. The molecule has 1 aliphatic rings. The molecule has 1 heterocycles. The summed E-state index contributed by atoms with van der Waals surface area (Å²) in [6.07, 6.45) is 4.96. The molecule has 6 heteroatoms. The van der Waals surface area contributed by atoms with E-state index in [1.165, 1.54) is 22.4 Å². The van der Waals surface area contributed by atoms with E-state index in [4.69, 9.17) is 0 Å². The van der Waals surface area contributed by atoms with Crippen molar-refractivity contribution in [1.82, 2.24) is 15.1 Å². The average Bonchev–Trinajstić information content (AvgIpc) is 3.13. The number of aryl methyl sites for hydroxylation is 1. The van der Waals surface area contributed by atoms with Crippen molar-refractivity contribution < 1.29 is 13.5 Å². The van der Waals surface area contributed by atoms with E-state index < -0.39 is 6.61 Å². The van der Waals surface area contributed by atoms with Crippen LogP contribution in [0.5, 0.6) is 5.75 Å². The highest BCUT2D eigenvalue weighted by atomic mass is 19.3. The van der Waals surface area contributed by atoms with Crippen LogP contribution in [0.1, 0.15) is 46.8 Å². The van der Waals surface area contributed by atoms with Gasteiger partial charge in [0.1, 0.15) is 5.75 Å². The van der Waals surface area contributed by atoms with E-state index in [-0.39, 0.29) is 11.8 Å². The molecule has 4 nitrogen and oxygen atoms in total. The van der Waals surface area contributed by atoms with Crippen LogP contribution < -0.4 is 10.1 Å². The summed E-state index contributed by atoms with van der Waals surface area (Å²) in [5.74, 6) is 0.220. The van der Waals surface area contributed by atoms with Gasteiger partial charge in [0.05, 0.1) is 11.9 Å². The topological polar surface area (TPSA) is 39.1 Å². The number of fused-ring (bicyclic) bond motifs is 1. The molecule has 0 saturated heterocycles. The normalized spacial score (nSPS) is 16.1. The number of nitrogens with one attached hydrogen (secondary N) is 1. The van der Waals surface area contributed by atoms with Crippen LogP contribution in [0.2, 0.25) is 0 Å². The summed E-state index contributed by atoms with van der Waals surface area (Å²) in [6.45, 7) is 1.87. The molecule has 1 N–H and O–H groups in total. The smallest absolute Gasteiger partial charge is 0.387 e. The molecule has 1 aromatic heterocycles. The molecule has 4 rings (SSSR count). The molecule has 0 radical (unpaired) electrons. The second-order valence-corrected chi connectivity index (χ2v) is 7.49. The number of aromatic nitrogens is 2. The molecule has 29 heavy (non-hydrogen) atoms. The minimum absolute atomic E-state index is 0.136. The maximum atomic E-state index is 12.7. The molecule has 1 unspecified atom stereocenters. The van der Waals surface area contributed by atoms with E-state index >= 15 is 0 Å². The number of para-hydroxylation sites is 1. The van der Waals surface area contributed by atoms with Gasteiger partial charge in [0, 0.05) is 29.4 Å². The highest BCUT2D eigenvalue weighted by molar-refractivity contribution is 5.46. The molecule has 3 aromatic rings. The monoisotopic (exact) mass is 397 g/mol. The molecule has 2 aromatic carbocycles. The van der Waals surface area contributed by atoms with Gasteiger partial charge in [-0.1, -0.05) is 30.3 Å². The summed E-state index contributed by atoms with van der Waals surface area (Å²) < 4.78 is 32.0. The first-order chi connectivity index (χ1) is 14.0. The first-order valence-corrected chi connectivity index (χ1v) is 9.94. The van der Waals surface area contributed by atoms with Crippen LogP contribution in [0.3, 0.4) is 0 Å². The zero-order chi connectivity index (χ0) is 20.4. The fourth-order valence-electron chi connectivity index (χ4n) is 4.04. The number of nitrogens with zero attached hydrogens (tertiary/aromatic N) is 2. The van der Waals surface area contributed by atoms with Crippen molar-refractivity contribution in [2.24, 2.45) is 0 Å². The molecular formula is C23H25F2N3O. The van der Waals surface area contributed by atoms with E-state index in [1.807, 2.05) is 18.3 Å². The van der Waals surface area contributed by atoms with Gasteiger partial charge >= 0.3 is 6.61 Å². The van der Waals surface area contributed by atoms with E-state index in [2.05, 4.69) is 51.9 Å². The molecule has 0 spiro atoms.